The molecule has 90 valence electrons. The summed E-state index contributed by atoms with van der Waals surface area (Å²) in [6.45, 7) is 5.55. The first-order valence-corrected chi connectivity index (χ1v) is 4.89. The van der Waals surface area contributed by atoms with E-state index < -0.39 is 11.7 Å². The monoisotopic (exact) mass is 228 g/mol. The van der Waals surface area contributed by atoms with Crippen LogP contribution in [0, 0.1) is 0 Å². The molecule has 0 aliphatic heterocycles. The lowest BCUT2D eigenvalue weighted by molar-refractivity contribution is 0.0271. The van der Waals surface area contributed by atoms with Gasteiger partial charge in [0.05, 0.1) is 6.54 Å². The average Bonchev–Trinajstić information content (AvgIpc) is 2.48. The van der Waals surface area contributed by atoms with Crippen molar-refractivity contribution >= 4 is 6.09 Å². The Morgan fingerprint density at radius 2 is 2.19 bits per heavy atom. The quantitative estimate of drug-likeness (QED) is 0.828. The molecule has 0 saturated heterocycles. The van der Waals surface area contributed by atoms with Gasteiger partial charge in [-0.05, 0) is 20.8 Å². The number of hydrogen-bond donors (Lipinski definition) is 1. The van der Waals surface area contributed by atoms with Crippen molar-refractivity contribution in [3.05, 3.63) is 22.2 Å². The number of aromatic nitrogens is 1. The zero-order chi connectivity index (χ0) is 12.3. The lowest BCUT2D eigenvalue weighted by atomic mass is 10.2. The highest BCUT2D eigenvalue weighted by Gasteiger charge is 2.20. The highest BCUT2D eigenvalue weighted by molar-refractivity contribution is 5.67. The molecule has 1 rings (SSSR count). The predicted octanol–water partition coefficient (Wildman–Crippen LogP) is 1.33. The number of rotatable bonds is 2. The van der Waals surface area contributed by atoms with E-state index in [1.54, 1.807) is 27.8 Å². The summed E-state index contributed by atoms with van der Waals surface area (Å²) in [5.74, 6) is 0.387. The Bertz CT molecular complexity index is 413. The van der Waals surface area contributed by atoms with Gasteiger partial charge < -0.3 is 14.2 Å². The van der Waals surface area contributed by atoms with Gasteiger partial charge in [-0.3, -0.25) is 4.79 Å². The summed E-state index contributed by atoms with van der Waals surface area (Å²) in [7, 11) is 1.57. The molecule has 1 heterocycles. The molecule has 0 aliphatic rings. The summed E-state index contributed by atoms with van der Waals surface area (Å²) in [6.07, 6.45) is -0.462. The largest absolute Gasteiger partial charge is 0.444 e. The molecule has 0 radical (unpaired) electrons. The molecule has 16 heavy (non-hydrogen) atoms. The molecule has 0 spiro atoms. The fraction of sp³-hybridized carbons (Fsp3) is 0.600. The standard InChI is InChI=1S/C10H16N2O4/c1-10(2,3)15-9(14)12(4)6-7-5-8(13)11-16-7/h5H,6H2,1-4H3,(H,11,13). The van der Waals surface area contributed by atoms with Crippen molar-refractivity contribution in [2.24, 2.45) is 0 Å². The molecule has 6 heteroatoms. The summed E-state index contributed by atoms with van der Waals surface area (Å²) in [5.41, 5.74) is -0.864. The second-order valence-corrected chi connectivity index (χ2v) is 4.52. The van der Waals surface area contributed by atoms with E-state index in [1.165, 1.54) is 11.0 Å². The first-order chi connectivity index (χ1) is 7.28. The second kappa shape index (κ2) is 4.42. The van der Waals surface area contributed by atoms with Crippen LogP contribution in [0.3, 0.4) is 0 Å². The Morgan fingerprint density at radius 3 is 2.62 bits per heavy atom. The Labute approximate surface area is 93.1 Å². The van der Waals surface area contributed by atoms with Crippen LogP contribution in [0.4, 0.5) is 4.79 Å². The number of ether oxygens (including phenoxy) is 1. The molecule has 1 aromatic heterocycles. The zero-order valence-corrected chi connectivity index (χ0v) is 9.86. The number of amides is 1. The van der Waals surface area contributed by atoms with E-state index in [2.05, 4.69) is 5.16 Å². The van der Waals surface area contributed by atoms with E-state index in [1.807, 2.05) is 0 Å². The molecule has 0 saturated carbocycles. The maximum Gasteiger partial charge on any atom is 0.410 e. The smallest absolute Gasteiger partial charge is 0.410 e. The van der Waals surface area contributed by atoms with E-state index >= 15 is 0 Å². The fourth-order valence-electron chi connectivity index (χ4n) is 1.04. The van der Waals surface area contributed by atoms with E-state index in [4.69, 9.17) is 9.26 Å². The van der Waals surface area contributed by atoms with E-state index in [0.29, 0.717) is 5.76 Å². The van der Waals surface area contributed by atoms with Crippen LogP contribution in [-0.2, 0) is 11.3 Å². The average molecular weight is 228 g/mol. The van der Waals surface area contributed by atoms with Crippen molar-refractivity contribution in [2.75, 3.05) is 7.05 Å². The number of nitrogens with one attached hydrogen (secondary N) is 1. The number of aromatic amines is 1. The lowest BCUT2D eigenvalue weighted by Gasteiger charge is -2.23. The Morgan fingerprint density at radius 1 is 1.56 bits per heavy atom. The molecule has 6 nitrogen and oxygen atoms in total. The van der Waals surface area contributed by atoms with Crippen LogP contribution in [0.15, 0.2) is 15.4 Å². The molecule has 0 atom stereocenters. The van der Waals surface area contributed by atoms with Crippen LogP contribution in [0.2, 0.25) is 0 Å². The van der Waals surface area contributed by atoms with Crippen LogP contribution in [0.1, 0.15) is 26.5 Å². The van der Waals surface area contributed by atoms with Crippen molar-refractivity contribution in [1.82, 2.24) is 10.1 Å². The first-order valence-electron chi connectivity index (χ1n) is 4.89. The third-order valence-corrected chi connectivity index (χ3v) is 1.67. The highest BCUT2D eigenvalue weighted by atomic mass is 16.6. The number of carbonyl (C=O) groups excluding carboxylic acids is 1. The van der Waals surface area contributed by atoms with Crippen LogP contribution in [0.5, 0.6) is 0 Å². The lowest BCUT2D eigenvalue weighted by Crippen LogP contribution is -2.33. The molecule has 0 bridgehead atoms. The van der Waals surface area contributed by atoms with Gasteiger partial charge in [0.15, 0.2) is 5.76 Å². The van der Waals surface area contributed by atoms with Gasteiger partial charge in [0.1, 0.15) is 5.60 Å². The van der Waals surface area contributed by atoms with Gasteiger partial charge in [-0.15, -0.1) is 0 Å². The van der Waals surface area contributed by atoms with Gasteiger partial charge in [0, 0.05) is 13.1 Å². The van der Waals surface area contributed by atoms with Crippen molar-refractivity contribution in [2.45, 2.75) is 32.9 Å². The third kappa shape index (κ3) is 3.80. The normalized spacial score (nSPS) is 11.2. The van der Waals surface area contributed by atoms with Gasteiger partial charge >= 0.3 is 6.09 Å². The summed E-state index contributed by atoms with van der Waals surface area (Å²) < 4.78 is 9.96. The maximum absolute atomic E-state index is 11.5. The summed E-state index contributed by atoms with van der Waals surface area (Å²) in [6, 6.07) is 1.29. The zero-order valence-electron chi connectivity index (χ0n) is 9.86. The van der Waals surface area contributed by atoms with Gasteiger partial charge in [-0.25, -0.2) is 4.79 Å². The van der Waals surface area contributed by atoms with Gasteiger partial charge in [0.2, 0.25) is 0 Å². The second-order valence-electron chi connectivity index (χ2n) is 4.52. The van der Waals surface area contributed by atoms with Crippen molar-refractivity contribution in [1.29, 1.82) is 0 Å². The minimum absolute atomic E-state index is 0.188. The number of hydrogen-bond acceptors (Lipinski definition) is 4. The van der Waals surface area contributed by atoms with Crippen LogP contribution < -0.4 is 5.56 Å². The number of nitrogens with zero attached hydrogens (tertiary/aromatic N) is 1. The van der Waals surface area contributed by atoms with Crippen LogP contribution in [0.25, 0.3) is 0 Å². The summed E-state index contributed by atoms with van der Waals surface area (Å²) in [4.78, 5) is 23.7. The van der Waals surface area contributed by atoms with Crippen molar-refractivity contribution in [3.8, 4) is 0 Å². The van der Waals surface area contributed by atoms with Gasteiger partial charge in [0.25, 0.3) is 5.56 Å². The van der Waals surface area contributed by atoms with Gasteiger partial charge in [-0.1, -0.05) is 0 Å². The number of H-pyrrole nitrogens is 1. The topological polar surface area (TPSA) is 75.5 Å². The van der Waals surface area contributed by atoms with Gasteiger partial charge in [-0.2, -0.15) is 5.16 Å². The van der Waals surface area contributed by atoms with Crippen molar-refractivity contribution < 1.29 is 14.1 Å². The minimum Gasteiger partial charge on any atom is -0.444 e. The molecule has 0 aliphatic carbocycles. The first kappa shape index (κ1) is 12.4. The molecule has 0 fully saturated rings. The number of carbonyl (C=O) groups is 1. The maximum atomic E-state index is 11.5. The van der Waals surface area contributed by atoms with Crippen LogP contribution in [-0.4, -0.2) is 28.8 Å². The Hall–Kier alpha value is -1.72. The van der Waals surface area contributed by atoms with Crippen molar-refractivity contribution in [3.63, 3.8) is 0 Å². The van der Waals surface area contributed by atoms with E-state index in [0.717, 1.165) is 0 Å². The molecular formula is C10H16N2O4. The summed E-state index contributed by atoms with van der Waals surface area (Å²) >= 11 is 0. The molecular weight excluding hydrogens is 212 g/mol. The molecule has 0 aromatic carbocycles. The predicted molar refractivity (Wildman–Crippen MR) is 57.0 cm³/mol. The van der Waals surface area contributed by atoms with E-state index in [9.17, 15) is 9.59 Å². The highest BCUT2D eigenvalue weighted by Crippen LogP contribution is 2.10. The van der Waals surface area contributed by atoms with Crippen LogP contribution >= 0.6 is 0 Å². The fourth-order valence-corrected chi connectivity index (χ4v) is 1.04. The molecule has 1 N–H and O–H groups in total. The Balaban J connectivity index is 2.55. The minimum atomic E-state index is -0.537. The summed E-state index contributed by atoms with van der Waals surface area (Å²) in [5, 5.41) is 2.15. The Kier molecular flexibility index (Phi) is 3.41. The molecule has 1 aromatic rings. The molecule has 1 amide bonds. The van der Waals surface area contributed by atoms with E-state index in [-0.39, 0.29) is 12.1 Å². The SMILES string of the molecule is CN(Cc1cc(=O)[nH]o1)C(=O)OC(C)(C)C. The molecule has 0 unspecified atom stereocenters. The third-order valence-electron chi connectivity index (χ3n) is 1.67.